The minimum absolute atomic E-state index is 0.0428. The van der Waals surface area contributed by atoms with Crippen molar-refractivity contribution >= 4 is 69.5 Å². The highest BCUT2D eigenvalue weighted by molar-refractivity contribution is 9.17. The van der Waals surface area contributed by atoms with E-state index in [2.05, 4.69) is 63.7 Å². The van der Waals surface area contributed by atoms with Gasteiger partial charge in [0.05, 0.1) is 17.9 Å². The monoisotopic (exact) mass is 392 g/mol. The quantitative estimate of drug-likeness (QED) is 0.613. The summed E-state index contributed by atoms with van der Waals surface area (Å²) in [5, 5.41) is 0. The number of Topliss-reactive ketones (excluding diaryl/α,β-unsaturated/α-hetero) is 1. The Morgan fingerprint density at radius 1 is 0.700 bits per heavy atom. The van der Waals surface area contributed by atoms with Gasteiger partial charge in [-0.1, -0.05) is 0 Å². The first-order valence-electron chi connectivity index (χ1n) is 2.21. The van der Waals surface area contributed by atoms with Crippen LogP contribution >= 0.6 is 63.7 Å². The van der Waals surface area contributed by atoms with Gasteiger partial charge < -0.3 is 0 Å². The number of halogens is 4. The lowest BCUT2D eigenvalue weighted by Crippen LogP contribution is -1.90. The van der Waals surface area contributed by atoms with Gasteiger partial charge in [-0.2, -0.15) is 0 Å². The molecule has 0 fully saturated rings. The van der Waals surface area contributed by atoms with E-state index in [-0.39, 0.29) is 5.78 Å². The van der Waals surface area contributed by atoms with Crippen molar-refractivity contribution in [3.63, 3.8) is 0 Å². The summed E-state index contributed by atoms with van der Waals surface area (Å²) in [5.74, 6) is -0.0428. The van der Waals surface area contributed by atoms with Crippen molar-refractivity contribution in [2.45, 2.75) is 0 Å². The third-order valence-corrected chi connectivity index (χ3v) is 5.67. The van der Waals surface area contributed by atoms with E-state index in [0.717, 1.165) is 8.96 Å². The predicted molar refractivity (Wildman–Crippen MR) is 54.8 cm³/mol. The van der Waals surface area contributed by atoms with Crippen molar-refractivity contribution in [2.75, 3.05) is 0 Å². The van der Waals surface area contributed by atoms with Crippen LogP contribution in [0.1, 0.15) is 0 Å². The number of hydrogen-bond acceptors (Lipinski definition) is 1. The fourth-order valence-electron chi connectivity index (χ4n) is 0.488. The van der Waals surface area contributed by atoms with Gasteiger partial charge in [0.15, 0.2) is 0 Å². The Morgan fingerprint density at radius 2 is 1.00 bits per heavy atom. The Bertz CT molecular complexity index is 237. The highest BCUT2D eigenvalue weighted by Crippen LogP contribution is 2.42. The van der Waals surface area contributed by atoms with E-state index in [1.807, 2.05) is 0 Å². The van der Waals surface area contributed by atoms with Crippen LogP contribution in [-0.2, 0) is 4.79 Å². The lowest BCUT2D eigenvalue weighted by molar-refractivity contribution is -0.110. The molecule has 0 saturated heterocycles. The molecule has 0 aliphatic heterocycles. The van der Waals surface area contributed by atoms with Crippen molar-refractivity contribution in [2.24, 2.45) is 0 Å². The van der Waals surface area contributed by atoms with Crippen molar-refractivity contribution in [1.82, 2.24) is 0 Å². The lowest BCUT2D eigenvalue weighted by atomic mass is 10.4. The predicted octanol–water partition coefficient (Wildman–Crippen LogP) is 3.57. The van der Waals surface area contributed by atoms with Crippen LogP contribution in [0.25, 0.3) is 0 Å². The maximum atomic E-state index is 11.1. The van der Waals surface area contributed by atoms with Gasteiger partial charge in [-0.25, -0.2) is 0 Å². The molecule has 0 spiro atoms. The Kier molecular flexibility index (Phi) is 2.94. The van der Waals surface area contributed by atoms with Crippen LogP contribution in [-0.4, -0.2) is 5.78 Å². The second-order valence-corrected chi connectivity index (χ2v) is 4.76. The van der Waals surface area contributed by atoms with Gasteiger partial charge in [-0.05, 0) is 63.7 Å². The number of allylic oxidation sites excluding steroid dienone is 4. The number of hydrogen-bond donors (Lipinski definition) is 0. The fourth-order valence-corrected chi connectivity index (χ4v) is 2.84. The summed E-state index contributed by atoms with van der Waals surface area (Å²) in [6.07, 6.45) is 0. The summed E-state index contributed by atoms with van der Waals surface area (Å²) >= 11 is 12.7. The molecule has 0 saturated carbocycles. The Morgan fingerprint density at radius 3 is 1.10 bits per heavy atom. The van der Waals surface area contributed by atoms with Crippen LogP contribution in [0.4, 0.5) is 0 Å². The molecule has 0 bridgehead atoms. The molecule has 10 heavy (non-hydrogen) atoms. The minimum Gasteiger partial charge on any atom is -0.287 e. The van der Waals surface area contributed by atoms with Crippen molar-refractivity contribution in [1.29, 1.82) is 0 Å². The first-order valence-corrected chi connectivity index (χ1v) is 5.38. The summed E-state index contributed by atoms with van der Waals surface area (Å²) in [6, 6.07) is 0. The summed E-state index contributed by atoms with van der Waals surface area (Å²) in [6.45, 7) is 0. The molecule has 1 aliphatic rings. The molecule has 5 heteroatoms. The van der Waals surface area contributed by atoms with Crippen LogP contribution in [0.3, 0.4) is 0 Å². The third-order valence-electron chi connectivity index (χ3n) is 0.977. The molecule has 1 nitrogen and oxygen atoms in total. The van der Waals surface area contributed by atoms with Crippen LogP contribution in [0, 0.1) is 0 Å². The Hall–Kier alpha value is 1.07. The van der Waals surface area contributed by atoms with Gasteiger partial charge in [0.1, 0.15) is 0 Å². The molecule has 0 aromatic carbocycles. The van der Waals surface area contributed by atoms with Crippen molar-refractivity contribution in [3.8, 4) is 0 Å². The number of rotatable bonds is 0. The summed E-state index contributed by atoms with van der Waals surface area (Å²) < 4.78 is 2.60. The average molecular weight is 396 g/mol. The minimum atomic E-state index is -0.0428. The number of carbonyl (C=O) groups excluding carboxylic acids is 1. The average Bonchev–Trinajstić information content (AvgIpc) is 2.07. The molecule has 0 radical (unpaired) electrons. The maximum absolute atomic E-state index is 11.1. The van der Waals surface area contributed by atoms with Crippen LogP contribution < -0.4 is 0 Å². The van der Waals surface area contributed by atoms with Gasteiger partial charge in [-0.15, -0.1) is 0 Å². The molecular weight excluding hydrogens is 396 g/mol. The topological polar surface area (TPSA) is 17.1 Å². The largest absolute Gasteiger partial charge is 0.287 e. The zero-order valence-electron chi connectivity index (χ0n) is 4.42. The second kappa shape index (κ2) is 3.21. The summed E-state index contributed by atoms with van der Waals surface area (Å²) in [4.78, 5) is 11.1. The van der Waals surface area contributed by atoms with Gasteiger partial charge >= 0.3 is 0 Å². The molecule has 0 amide bonds. The second-order valence-electron chi connectivity index (χ2n) is 1.59. The highest BCUT2D eigenvalue weighted by atomic mass is 79.9. The first kappa shape index (κ1) is 9.16. The van der Waals surface area contributed by atoms with E-state index in [4.69, 9.17) is 0 Å². The summed E-state index contributed by atoms with van der Waals surface area (Å²) in [5.41, 5.74) is 0. The van der Waals surface area contributed by atoms with Crippen LogP contribution in [0.2, 0.25) is 0 Å². The number of ketones is 1. The maximum Gasteiger partial charge on any atom is 0.209 e. The van der Waals surface area contributed by atoms with Gasteiger partial charge in [0, 0.05) is 0 Å². The SMILES string of the molecule is O=C1C(Br)=C(Br)C(Br)=C1Br. The molecule has 0 heterocycles. The first-order chi connectivity index (χ1) is 4.55. The smallest absolute Gasteiger partial charge is 0.209 e. The van der Waals surface area contributed by atoms with Crippen LogP contribution in [0.5, 0.6) is 0 Å². The lowest BCUT2D eigenvalue weighted by Gasteiger charge is -1.86. The molecule has 54 valence electrons. The van der Waals surface area contributed by atoms with E-state index in [1.165, 1.54) is 0 Å². The zero-order chi connectivity index (χ0) is 7.89. The van der Waals surface area contributed by atoms with E-state index >= 15 is 0 Å². The van der Waals surface area contributed by atoms with Crippen LogP contribution in [0.15, 0.2) is 17.9 Å². The van der Waals surface area contributed by atoms with E-state index in [1.54, 1.807) is 0 Å². The van der Waals surface area contributed by atoms with Gasteiger partial charge in [0.25, 0.3) is 0 Å². The van der Waals surface area contributed by atoms with Gasteiger partial charge in [0.2, 0.25) is 5.78 Å². The molecule has 1 aliphatic carbocycles. The molecule has 0 aromatic heterocycles. The van der Waals surface area contributed by atoms with Gasteiger partial charge in [-0.3, -0.25) is 4.79 Å². The molecule has 0 aromatic rings. The summed E-state index contributed by atoms with van der Waals surface area (Å²) in [7, 11) is 0. The molecule has 0 atom stereocenters. The van der Waals surface area contributed by atoms with E-state index in [0.29, 0.717) is 8.96 Å². The molecular formula is C5Br4O. The standard InChI is InChI=1S/C5Br4O/c6-1-2(7)4(9)5(10)3(1)8. The zero-order valence-corrected chi connectivity index (χ0v) is 10.8. The molecule has 0 N–H and O–H groups in total. The Labute approximate surface area is 91.4 Å². The molecule has 1 rings (SSSR count). The van der Waals surface area contributed by atoms with Crippen molar-refractivity contribution in [3.05, 3.63) is 17.9 Å². The van der Waals surface area contributed by atoms with Crippen molar-refractivity contribution < 1.29 is 4.79 Å². The van der Waals surface area contributed by atoms with E-state index in [9.17, 15) is 4.79 Å². The highest BCUT2D eigenvalue weighted by Gasteiger charge is 2.26. The Balaban J connectivity index is 3.22. The fraction of sp³-hybridized carbons (Fsp3) is 0. The number of carbonyl (C=O) groups is 1. The molecule has 0 unspecified atom stereocenters. The normalized spacial score (nSPS) is 19.4. The third kappa shape index (κ3) is 1.33. The van der Waals surface area contributed by atoms with E-state index < -0.39 is 0 Å².